The third-order valence-electron chi connectivity index (χ3n) is 6.78. The molecule has 0 spiro atoms. The molecule has 5 rings (SSSR count). The molecule has 0 saturated heterocycles. The second kappa shape index (κ2) is 9.29. The van der Waals surface area contributed by atoms with Crippen LogP contribution >= 0.6 is 23.2 Å². The summed E-state index contributed by atoms with van der Waals surface area (Å²) in [5.41, 5.74) is 13.0. The Bertz CT molecular complexity index is 1540. The SMILES string of the molecule is COc1ccc2nc(Cl)c(C3C(C#N)=C(N)N(Nc4ccc(Cl)cc4)C4=C3C(=O)CC(C)(C)C4)cc2c1. The lowest BCUT2D eigenvalue weighted by Gasteiger charge is -2.43. The molecule has 2 aliphatic rings. The summed E-state index contributed by atoms with van der Waals surface area (Å²) < 4.78 is 5.37. The standard InChI is InChI=1S/C28H25Cl2N5O2/c1-28(2)12-22-25(23(36)13-28)24(19-11-15-10-18(37-3)8-9-21(15)33-26(19)30)20(14-31)27(32)35(22)34-17-6-4-16(29)5-7-17/h4-11,24,34H,12-13,32H2,1-3H3. The van der Waals surface area contributed by atoms with E-state index in [1.807, 2.05) is 32.0 Å². The van der Waals surface area contributed by atoms with Crippen molar-refractivity contribution in [1.82, 2.24) is 9.99 Å². The van der Waals surface area contributed by atoms with Crippen LogP contribution in [0.1, 0.15) is 38.2 Å². The van der Waals surface area contributed by atoms with Crippen LogP contribution in [0.4, 0.5) is 5.69 Å². The highest BCUT2D eigenvalue weighted by Crippen LogP contribution is 2.50. The maximum absolute atomic E-state index is 13.7. The molecular weight excluding hydrogens is 509 g/mol. The Kier molecular flexibility index (Phi) is 6.26. The summed E-state index contributed by atoms with van der Waals surface area (Å²) in [6.07, 6.45) is 0.902. The summed E-state index contributed by atoms with van der Waals surface area (Å²) in [6.45, 7) is 4.08. The van der Waals surface area contributed by atoms with Crippen molar-refractivity contribution < 1.29 is 9.53 Å². The molecule has 1 aromatic heterocycles. The average molecular weight is 534 g/mol. The highest BCUT2D eigenvalue weighted by molar-refractivity contribution is 6.31. The van der Waals surface area contributed by atoms with Gasteiger partial charge in [-0.15, -0.1) is 0 Å². The molecule has 1 aliphatic carbocycles. The number of benzene rings is 2. The number of nitrogens with two attached hydrogens (primary N) is 1. The first-order valence-corrected chi connectivity index (χ1v) is 12.5. The number of halogens is 2. The van der Waals surface area contributed by atoms with Crippen molar-refractivity contribution in [1.29, 1.82) is 5.26 Å². The fourth-order valence-corrected chi connectivity index (χ4v) is 5.46. The molecule has 2 aromatic carbocycles. The summed E-state index contributed by atoms with van der Waals surface area (Å²) in [7, 11) is 1.59. The van der Waals surface area contributed by atoms with E-state index in [9.17, 15) is 10.1 Å². The molecule has 0 bridgehead atoms. The van der Waals surface area contributed by atoms with E-state index in [4.69, 9.17) is 33.7 Å². The summed E-state index contributed by atoms with van der Waals surface area (Å²) in [4.78, 5) is 18.3. The number of anilines is 1. The van der Waals surface area contributed by atoms with Gasteiger partial charge in [0.05, 0.1) is 41.6 Å². The first kappa shape index (κ1) is 24.9. The minimum Gasteiger partial charge on any atom is -0.497 e. The molecule has 0 fully saturated rings. The highest BCUT2D eigenvalue weighted by Gasteiger charge is 2.45. The number of hydrogen-bond donors (Lipinski definition) is 2. The Balaban J connectivity index is 1.72. The maximum atomic E-state index is 13.7. The van der Waals surface area contributed by atoms with Crippen LogP contribution in [0, 0.1) is 16.7 Å². The largest absolute Gasteiger partial charge is 0.497 e. The molecule has 0 radical (unpaired) electrons. The Morgan fingerprint density at radius 3 is 2.57 bits per heavy atom. The minimum atomic E-state index is -0.748. The molecular formula is C28H25Cl2N5O2. The van der Waals surface area contributed by atoms with Gasteiger partial charge in [-0.2, -0.15) is 5.26 Å². The van der Waals surface area contributed by atoms with E-state index in [1.54, 1.807) is 42.5 Å². The number of methoxy groups -OCH3 is 1. The van der Waals surface area contributed by atoms with E-state index in [0.29, 0.717) is 51.7 Å². The van der Waals surface area contributed by atoms with E-state index in [-0.39, 0.29) is 27.7 Å². The Hall–Kier alpha value is -3.73. The molecule has 3 aromatic rings. The lowest BCUT2D eigenvalue weighted by Crippen LogP contribution is -2.44. The lowest BCUT2D eigenvalue weighted by atomic mass is 9.69. The predicted molar refractivity (Wildman–Crippen MR) is 145 cm³/mol. The van der Waals surface area contributed by atoms with Crippen molar-refractivity contribution in [2.45, 2.75) is 32.6 Å². The molecule has 3 N–H and O–H groups in total. The number of ketones is 1. The van der Waals surface area contributed by atoms with Crippen LogP contribution in [-0.2, 0) is 4.79 Å². The second-order valence-corrected chi connectivity index (χ2v) is 10.8. The number of pyridine rings is 1. The fraction of sp³-hybridized carbons (Fsp3) is 0.250. The molecule has 37 heavy (non-hydrogen) atoms. The molecule has 0 saturated carbocycles. The van der Waals surface area contributed by atoms with Gasteiger partial charge in [-0.25, -0.2) is 9.99 Å². The summed E-state index contributed by atoms with van der Waals surface area (Å²) in [5.74, 6) is 0.0627. The van der Waals surface area contributed by atoms with Gasteiger partial charge in [0, 0.05) is 28.0 Å². The van der Waals surface area contributed by atoms with Crippen LogP contribution in [0.3, 0.4) is 0 Å². The number of rotatable bonds is 4. The lowest BCUT2D eigenvalue weighted by molar-refractivity contribution is -0.118. The zero-order valence-corrected chi connectivity index (χ0v) is 22.1. The Labute approximate surface area is 225 Å². The van der Waals surface area contributed by atoms with Crippen LogP contribution < -0.4 is 15.9 Å². The average Bonchev–Trinajstić information content (AvgIpc) is 2.85. The zero-order chi connectivity index (χ0) is 26.5. The van der Waals surface area contributed by atoms with E-state index < -0.39 is 5.92 Å². The van der Waals surface area contributed by atoms with Gasteiger partial charge >= 0.3 is 0 Å². The molecule has 2 heterocycles. The Morgan fingerprint density at radius 2 is 1.89 bits per heavy atom. The van der Waals surface area contributed by atoms with Crippen molar-refractivity contribution in [3.05, 3.63) is 86.9 Å². The van der Waals surface area contributed by atoms with Gasteiger partial charge in [0.1, 0.15) is 16.7 Å². The molecule has 7 nitrogen and oxygen atoms in total. The van der Waals surface area contributed by atoms with Crippen LogP contribution in [0.25, 0.3) is 10.9 Å². The number of fused-ring (bicyclic) bond motifs is 1. The first-order chi connectivity index (χ1) is 17.6. The van der Waals surface area contributed by atoms with E-state index in [0.717, 1.165) is 5.39 Å². The van der Waals surface area contributed by atoms with Gasteiger partial charge in [0.2, 0.25) is 0 Å². The van der Waals surface area contributed by atoms with Crippen LogP contribution in [0.15, 0.2) is 71.2 Å². The van der Waals surface area contributed by atoms with Crippen molar-refractivity contribution in [2.75, 3.05) is 12.5 Å². The van der Waals surface area contributed by atoms with E-state index in [2.05, 4.69) is 16.5 Å². The molecule has 9 heteroatoms. The predicted octanol–water partition coefficient (Wildman–Crippen LogP) is 6.31. The molecule has 1 aliphatic heterocycles. The summed E-state index contributed by atoms with van der Waals surface area (Å²) >= 11 is 12.8. The van der Waals surface area contributed by atoms with Gasteiger partial charge in [0.15, 0.2) is 5.78 Å². The van der Waals surface area contributed by atoms with Gasteiger partial charge in [-0.3, -0.25) is 10.2 Å². The number of nitrogens with zero attached hydrogens (tertiary/aromatic N) is 3. The van der Waals surface area contributed by atoms with Crippen LogP contribution in [-0.4, -0.2) is 22.9 Å². The fourth-order valence-electron chi connectivity index (χ4n) is 5.08. The number of nitriles is 1. The molecule has 0 amide bonds. The number of hydrazine groups is 1. The summed E-state index contributed by atoms with van der Waals surface area (Å²) in [5, 5.41) is 13.5. The third kappa shape index (κ3) is 4.48. The monoisotopic (exact) mass is 533 g/mol. The second-order valence-electron chi connectivity index (χ2n) is 10.0. The van der Waals surface area contributed by atoms with Crippen molar-refractivity contribution in [3.63, 3.8) is 0 Å². The van der Waals surface area contributed by atoms with Gasteiger partial charge < -0.3 is 10.5 Å². The quantitative estimate of drug-likeness (QED) is 0.378. The topological polar surface area (TPSA) is 104 Å². The van der Waals surface area contributed by atoms with Gasteiger partial charge in [-0.1, -0.05) is 37.0 Å². The van der Waals surface area contributed by atoms with Crippen LogP contribution in [0.5, 0.6) is 5.75 Å². The number of ether oxygens (including phenoxy) is 1. The minimum absolute atomic E-state index is 0.0544. The van der Waals surface area contributed by atoms with Crippen LogP contribution in [0.2, 0.25) is 10.2 Å². The molecule has 1 atom stereocenters. The number of hydrogen-bond acceptors (Lipinski definition) is 7. The van der Waals surface area contributed by atoms with Crippen molar-refractivity contribution in [3.8, 4) is 11.8 Å². The maximum Gasteiger partial charge on any atom is 0.162 e. The molecule has 1 unspecified atom stereocenters. The van der Waals surface area contributed by atoms with Gasteiger partial charge in [0.25, 0.3) is 0 Å². The third-order valence-corrected chi connectivity index (χ3v) is 7.33. The smallest absolute Gasteiger partial charge is 0.162 e. The number of nitrogens with one attached hydrogen (secondary N) is 1. The van der Waals surface area contributed by atoms with E-state index >= 15 is 0 Å². The number of aromatic nitrogens is 1. The highest BCUT2D eigenvalue weighted by atomic mass is 35.5. The van der Waals surface area contributed by atoms with Gasteiger partial charge in [-0.05, 0) is 60.4 Å². The zero-order valence-electron chi connectivity index (χ0n) is 20.6. The normalized spacial score (nSPS) is 19.1. The number of Topliss-reactive ketones (excluding diaryl/α,β-unsaturated/α-hetero) is 1. The number of allylic oxidation sites excluding steroid dienone is 3. The van der Waals surface area contributed by atoms with E-state index in [1.165, 1.54) is 0 Å². The van der Waals surface area contributed by atoms with Crippen molar-refractivity contribution >= 4 is 45.6 Å². The first-order valence-electron chi connectivity index (χ1n) is 11.7. The van der Waals surface area contributed by atoms with Crippen molar-refractivity contribution in [2.24, 2.45) is 11.1 Å². The molecule has 188 valence electrons. The number of carbonyl (C=O) groups excluding carboxylic acids is 1. The Morgan fingerprint density at radius 1 is 1.16 bits per heavy atom. The number of carbonyl (C=O) groups is 1. The summed E-state index contributed by atoms with van der Waals surface area (Å²) in [6, 6.07) is 16.7.